The average molecular weight is 386 g/mol. The number of hydrogen-bond donors (Lipinski definition) is 0. The molecule has 4 rings (SSSR count). The molecule has 2 heteroatoms. The van der Waals surface area contributed by atoms with E-state index in [1.54, 1.807) is 0 Å². The molecule has 0 saturated heterocycles. The first-order valence-electron chi connectivity index (χ1n) is 11.0. The Bertz CT molecular complexity index is 1050. The third kappa shape index (κ3) is 4.48. The van der Waals surface area contributed by atoms with Gasteiger partial charge in [0.05, 0.1) is 5.52 Å². The number of aromatic nitrogens is 1. The maximum atomic E-state index is 6.31. The largest absolute Gasteiger partial charge is 0.487 e. The second-order valence-electron chi connectivity index (χ2n) is 7.86. The van der Waals surface area contributed by atoms with Crippen molar-refractivity contribution in [3.05, 3.63) is 78.4 Å². The minimum atomic E-state index is 0.596. The van der Waals surface area contributed by atoms with E-state index < -0.39 is 0 Å². The standard InChI is InChI=1S/C27H31NO/c1-2-3-4-5-6-12-20-28-25-18-11-10-16-23(25)24-17-13-19-26(27(24)28)29-21-22-14-8-7-9-15-22/h7-11,13-19H,2-6,12,20-21H2,1H3. The Hall–Kier alpha value is -2.74. The number of nitrogens with zero attached hydrogens (tertiary/aromatic N) is 1. The zero-order chi connectivity index (χ0) is 19.9. The van der Waals surface area contributed by atoms with Crippen LogP contribution in [0.3, 0.4) is 0 Å². The lowest BCUT2D eigenvalue weighted by Gasteiger charge is -2.12. The van der Waals surface area contributed by atoms with Crippen LogP contribution in [0.5, 0.6) is 5.75 Å². The Morgan fingerprint density at radius 3 is 2.28 bits per heavy atom. The molecule has 0 spiro atoms. The molecule has 0 aliphatic rings. The van der Waals surface area contributed by atoms with Crippen molar-refractivity contribution in [1.82, 2.24) is 4.57 Å². The van der Waals surface area contributed by atoms with Crippen LogP contribution in [0.2, 0.25) is 0 Å². The summed E-state index contributed by atoms with van der Waals surface area (Å²) in [6.07, 6.45) is 7.85. The first kappa shape index (κ1) is 19.6. The minimum Gasteiger partial charge on any atom is -0.487 e. The molecule has 0 bridgehead atoms. The predicted octanol–water partition coefficient (Wildman–Crippen LogP) is 7.73. The molecule has 0 fully saturated rings. The summed E-state index contributed by atoms with van der Waals surface area (Å²) in [5.74, 6) is 0.980. The summed E-state index contributed by atoms with van der Waals surface area (Å²) in [5.41, 5.74) is 3.74. The zero-order valence-electron chi connectivity index (χ0n) is 17.4. The van der Waals surface area contributed by atoms with Gasteiger partial charge in [0.1, 0.15) is 12.4 Å². The fourth-order valence-electron chi connectivity index (χ4n) is 4.21. The van der Waals surface area contributed by atoms with Gasteiger partial charge in [0, 0.05) is 22.8 Å². The Morgan fingerprint density at radius 2 is 1.41 bits per heavy atom. The van der Waals surface area contributed by atoms with Crippen molar-refractivity contribution in [3.63, 3.8) is 0 Å². The van der Waals surface area contributed by atoms with Gasteiger partial charge in [-0.1, -0.05) is 99.7 Å². The van der Waals surface area contributed by atoms with E-state index in [1.807, 2.05) is 6.07 Å². The van der Waals surface area contributed by atoms with Gasteiger partial charge in [-0.15, -0.1) is 0 Å². The van der Waals surface area contributed by atoms with E-state index >= 15 is 0 Å². The summed E-state index contributed by atoms with van der Waals surface area (Å²) >= 11 is 0. The van der Waals surface area contributed by atoms with E-state index in [0.717, 1.165) is 12.3 Å². The molecule has 4 aromatic rings. The van der Waals surface area contributed by atoms with Crippen molar-refractivity contribution in [2.75, 3.05) is 0 Å². The fourth-order valence-corrected chi connectivity index (χ4v) is 4.21. The molecule has 0 atom stereocenters. The number of aryl methyl sites for hydroxylation is 1. The molecule has 2 nitrogen and oxygen atoms in total. The summed E-state index contributed by atoms with van der Waals surface area (Å²) < 4.78 is 8.79. The average Bonchev–Trinajstić information content (AvgIpc) is 3.10. The van der Waals surface area contributed by atoms with Crippen molar-refractivity contribution in [1.29, 1.82) is 0 Å². The number of benzene rings is 3. The Labute approximate surface area is 174 Å². The number of unbranched alkanes of at least 4 members (excludes halogenated alkanes) is 5. The summed E-state index contributed by atoms with van der Waals surface area (Å²) in [6.45, 7) is 3.91. The molecule has 0 unspecified atom stereocenters. The highest BCUT2D eigenvalue weighted by atomic mass is 16.5. The third-order valence-electron chi connectivity index (χ3n) is 5.73. The summed E-state index contributed by atoms with van der Waals surface area (Å²) in [7, 11) is 0. The van der Waals surface area contributed by atoms with Gasteiger partial charge >= 0.3 is 0 Å². The van der Waals surface area contributed by atoms with Crippen molar-refractivity contribution < 1.29 is 4.74 Å². The maximum absolute atomic E-state index is 6.31. The second-order valence-corrected chi connectivity index (χ2v) is 7.86. The lowest BCUT2D eigenvalue weighted by Crippen LogP contribution is -2.01. The molecule has 1 heterocycles. The van der Waals surface area contributed by atoms with E-state index in [-0.39, 0.29) is 0 Å². The van der Waals surface area contributed by atoms with Gasteiger partial charge in [-0.25, -0.2) is 0 Å². The molecular weight excluding hydrogens is 354 g/mol. The Kier molecular flexibility index (Phi) is 6.51. The van der Waals surface area contributed by atoms with Crippen molar-refractivity contribution in [2.24, 2.45) is 0 Å². The Morgan fingerprint density at radius 1 is 0.690 bits per heavy atom. The van der Waals surface area contributed by atoms with E-state index in [2.05, 4.69) is 78.2 Å². The second kappa shape index (κ2) is 9.65. The molecule has 0 aliphatic heterocycles. The summed E-state index contributed by atoms with van der Waals surface area (Å²) in [5, 5.41) is 2.61. The van der Waals surface area contributed by atoms with Crippen LogP contribution in [-0.2, 0) is 13.2 Å². The monoisotopic (exact) mass is 385 g/mol. The number of rotatable bonds is 10. The van der Waals surface area contributed by atoms with E-state index in [1.165, 1.54) is 65.9 Å². The Balaban J connectivity index is 1.62. The van der Waals surface area contributed by atoms with Crippen molar-refractivity contribution in [2.45, 2.75) is 58.6 Å². The zero-order valence-corrected chi connectivity index (χ0v) is 17.4. The summed E-state index contributed by atoms with van der Waals surface area (Å²) in [4.78, 5) is 0. The maximum Gasteiger partial charge on any atom is 0.144 e. The molecule has 0 N–H and O–H groups in total. The highest BCUT2D eigenvalue weighted by molar-refractivity contribution is 6.10. The van der Waals surface area contributed by atoms with Gasteiger partial charge in [-0.3, -0.25) is 0 Å². The SMILES string of the molecule is CCCCCCCCn1c2ccccc2c2cccc(OCc3ccccc3)c21. The normalized spacial score (nSPS) is 11.3. The van der Waals surface area contributed by atoms with Crippen LogP contribution in [-0.4, -0.2) is 4.57 Å². The fraction of sp³-hybridized carbons (Fsp3) is 0.333. The van der Waals surface area contributed by atoms with Crippen LogP contribution >= 0.6 is 0 Å². The van der Waals surface area contributed by atoms with Gasteiger partial charge < -0.3 is 9.30 Å². The highest BCUT2D eigenvalue weighted by Gasteiger charge is 2.14. The quantitative estimate of drug-likeness (QED) is 0.255. The molecule has 29 heavy (non-hydrogen) atoms. The minimum absolute atomic E-state index is 0.596. The molecule has 0 amide bonds. The molecule has 0 aliphatic carbocycles. The van der Waals surface area contributed by atoms with Crippen molar-refractivity contribution >= 4 is 21.8 Å². The van der Waals surface area contributed by atoms with Gasteiger partial charge in [0.2, 0.25) is 0 Å². The van der Waals surface area contributed by atoms with E-state index in [0.29, 0.717) is 6.61 Å². The lowest BCUT2D eigenvalue weighted by molar-refractivity contribution is 0.308. The molecule has 3 aromatic carbocycles. The van der Waals surface area contributed by atoms with Gasteiger partial charge in [0.15, 0.2) is 0 Å². The van der Waals surface area contributed by atoms with Crippen LogP contribution in [0, 0.1) is 0 Å². The molecular formula is C27H31NO. The van der Waals surface area contributed by atoms with Gasteiger partial charge in [0.25, 0.3) is 0 Å². The van der Waals surface area contributed by atoms with Crippen LogP contribution in [0.25, 0.3) is 21.8 Å². The smallest absolute Gasteiger partial charge is 0.144 e. The number of ether oxygens (including phenoxy) is 1. The molecule has 1 aromatic heterocycles. The third-order valence-corrected chi connectivity index (χ3v) is 5.73. The van der Waals surface area contributed by atoms with Crippen LogP contribution in [0.15, 0.2) is 72.8 Å². The molecule has 0 saturated carbocycles. The van der Waals surface area contributed by atoms with E-state index in [9.17, 15) is 0 Å². The summed E-state index contributed by atoms with van der Waals surface area (Å²) in [6, 6.07) is 25.6. The van der Waals surface area contributed by atoms with Crippen molar-refractivity contribution in [3.8, 4) is 5.75 Å². The first-order valence-corrected chi connectivity index (χ1v) is 11.0. The molecule has 150 valence electrons. The van der Waals surface area contributed by atoms with E-state index in [4.69, 9.17) is 4.74 Å². The van der Waals surface area contributed by atoms with Gasteiger partial charge in [-0.2, -0.15) is 0 Å². The number of fused-ring (bicyclic) bond motifs is 3. The lowest BCUT2D eigenvalue weighted by atomic mass is 10.1. The topological polar surface area (TPSA) is 14.2 Å². The van der Waals surface area contributed by atoms with Gasteiger partial charge in [-0.05, 0) is 24.1 Å². The number of para-hydroxylation sites is 2. The number of hydrogen-bond acceptors (Lipinski definition) is 1. The van der Waals surface area contributed by atoms with Crippen LogP contribution in [0.1, 0.15) is 51.0 Å². The highest BCUT2D eigenvalue weighted by Crippen LogP contribution is 2.35. The molecule has 0 radical (unpaired) electrons. The predicted molar refractivity (Wildman–Crippen MR) is 124 cm³/mol. The van der Waals surface area contributed by atoms with Crippen LogP contribution < -0.4 is 4.74 Å². The first-order chi connectivity index (χ1) is 14.4. The van der Waals surface area contributed by atoms with Crippen LogP contribution in [0.4, 0.5) is 0 Å².